The summed E-state index contributed by atoms with van der Waals surface area (Å²) in [5.74, 6) is -0.308. The third-order valence-electron chi connectivity index (χ3n) is 5.05. The van der Waals surface area contributed by atoms with Gasteiger partial charge >= 0.3 is 5.97 Å². The molecule has 0 radical (unpaired) electrons. The van der Waals surface area contributed by atoms with Gasteiger partial charge in [0.2, 0.25) is 0 Å². The molecule has 0 spiro atoms. The predicted molar refractivity (Wildman–Crippen MR) is 113 cm³/mol. The summed E-state index contributed by atoms with van der Waals surface area (Å²) in [6.07, 6.45) is 0.909. The van der Waals surface area contributed by atoms with Crippen molar-refractivity contribution in [3.05, 3.63) is 77.1 Å². The third-order valence-corrected chi connectivity index (χ3v) is 5.05. The number of carbonyl (C=O) groups is 2. The Hall–Kier alpha value is -3.41. The van der Waals surface area contributed by atoms with Gasteiger partial charge in [-0.2, -0.15) is 5.10 Å². The van der Waals surface area contributed by atoms with Gasteiger partial charge in [-0.1, -0.05) is 18.2 Å². The van der Waals surface area contributed by atoms with Gasteiger partial charge in [0, 0.05) is 30.4 Å². The van der Waals surface area contributed by atoms with Gasteiger partial charge in [0.05, 0.1) is 18.5 Å². The standard InChI is InChI=1S/C23H25N3O3/c1-16-21(14-15-22(27)29-4)17(2)26(24-16)20-12-10-18(11-13-20)23(28)25(3)19-8-6-5-7-9-19/h5-13H,14-15H2,1-4H3. The van der Waals surface area contributed by atoms with Gasteiger partial charge in [-0.3, -0.25) is 9.59 Å². The van der Waals surface area contributed by atoms with Crippen LogP contribution in [0.25, 0.3) is 5.69 Å². The quantitative estimate of drug-likeness (QED) is 0.599. The molecule has 3 rings (SSSR count). The van der Waals surface area contributed by atoms with E-state index in [4.69, 9.17) is 4.74 Å². The van der Waals surface area contributed by atoms with Crippen molar-refractivity contribution in [1.29, 1.82) is 0 Å². The van der Waals surface area contributed by atoms with Gasteiger partial charge in [0.15, 0.2) is 0 Å². The maximum Gasteiger partial charge on any atom is 0.305 e. The number of methoxy groups -OCH3 is 1. The second-order valence-corrected chi connectivity index (χ2v) is 6.88. The van der Waals surface area contributed by atoms with E-state index in [1.54, 1.807) is 11.9 Å². The monoisotopic (exact) mass is 391 g/mol. The number of ether oxygens (including phenoxy) is 1. The maximum atomic E-state index is 12.8. The molecule has 1 heterocycles. The first-order valence-corrected chi connectivity index (χ1v) is 9.48. The number of para-hydroxylation sites is 1. The summed E-state index contributed by atoms with van der Waals surface area (Å²) < 4.78 is 6.57. The summed E-state index contributed by atoms with van der Waals surface area (Å²) in [5.41, 5.74) is 5.22. The van der Waals surface area contributed by atoms with E-state index in [9.17, 15) is 9.59 Å². The lowest BCUT2D eigenvalue weighted by Crippen LogP contribution is -2.26. The normalized spacial score (nSPS) is 10.6. The molecular weight excluding hydrogens is 366 g/mol. The van der Waals surface area contributed by atoms with Crippen molar-refractivity contribution in [3.8, 4) is 5.69 Å². The van der Waals surface area contributed by atoms with Crippen LogP contribution in [0.2, 0.25) is 0 Å². The Morgan fingerprint density at radius 1 is 1.03 bits per heavy atom. The topological polar surface area (TPSA) is 64.4 Å². The van der Waals surface area contributed by atoms with Crippen LogP contribution in [0, 0.1) is 13.8 Å². The van der Waals surface area contributed by atoms with E-state index in [0.29, 0.717) is 18.4 Å². The average molecular weight is 391 g/mol. The lowest BCUT2D eigenvalue weighted by molar-refractivity contribution is -0.140. The minimum absolute atomic E-state index is 0.0742. The molecule has 150 valence electrons. The van der Waals surface area contributed by atoms with E-state index in [1.165, 1.54) is 7.11 Å². The number of rotatable bonds is 6. The summed E-state index contributed by atoms with van der Waals surface area (Å²) in [6.45, 7) is 3.91. The predicted octanol–water partition coefficient (Wildman–Crippen LogP) is 3.87. The molecule has 0 saturated heterocycles. The Balaban J connectivity index is 1.80. The summed E-state index contributed by atoms with van der Waals surface area (Å²) >= 11 is 0. The highest BCUT2D eigenvalue weighted by Crippen LogP contribution is 2.21. The van der Waals surface area contributed by atoms with Crippen LogP contribution >= 0.6 is 0 Å². The fourth-order valence-corrected chi connectivity index (χ4v) is 3.33. The van der Waals surface area contributed by atoms with Gasteiger partial charge in [-0.05, 0) is 62.2 Å². The minimum atomic E-state index is -0.234. The summed E-state index contributed by atoms with van der Waals surface area (Å²) in [5, 5.41) is 4.61. The second kappa shape index (κ2) is 8.73. The number of aromatic nitrogens is 2. The zero-order valence-corrected chi connectivity index (χ0v) is 17.2. The number of esters is 1. The Morgan fingerprint density at radius 3 is 2.31 bits per heavy atom. The molecule has 6 heteroatoms. The van der Waals surface area contributed by atoms with Crippen molar-refractivity contribution in [2.45, 2.75) is 26.7 Å². The molecule has 0 saturated carbocycles. The van der Waals surface area contributed by atoms with E-state index in [-0.39, 0.29) is 11.9 Å². The van der Waals surface area contributed by atoms with Crippen LogP contribution in [0.4, 0.5) is 5.69 Å². The molecule has 6 nitrogen and oxygen atoms in total. The van der Waals surface area contributed by atoms with Crippen LogP contribution in [0.1, 0.15) is 33.7 Å². The molecule has 0 bridgehead atoms. The fourth-order valence-electron chi connectivity index (χ4n) is 3.33. The van der Waals surface area contributed by atoms with Crippen LogP contribution in [-0.2, 0) is 16.0 Å². The average Bonchev–Trinajstić information content (AvgIpc) is 3.05. The second-order valence-electron chi connectivity index (χ2n) is 6.88. The molecule has 0 unspecified atom stereocenters. The summed E-state index contributed by atoms with van der Waals surface area (Å²) in [6, 6.07) is 16.9. The van der Waals surface area contributed by atoms with Gasteiger partial charge in [-0.25, -0.2) is 4.68 Å². The Labute approximate surface area is 170 Å². The minimum Gasteiger partial charge on any atom is -0.469 e. The van der Waals surface area contributed by atoms with Crippen LogP contribution < -0.4 is 4.90 Å². The van der Waals surface area contributed by atoms with E-state index in [1.807, 2.05) is 73.1 Å². The van der Waals surface area contributed by atoms with Crippen molar-refractivity contribution >= 4 is 17.6 Å². The Bertz CT molecular complexity index is 1010. The Kier molecular flexibility index (Phi) is 6.12. The van der Waals surface area contributed by atoms with Gasteiger partial charge in [-0.15, -0.1) is 0 Å². The molecule has 29 heavy (non-hydrogen) atoms. The number of nitrogens with zero attached hydrogens (tertiary/aromatic N) is 3. The first kappa shape index (κ1) is 20.3. The van der Waals surface area contributed by atoms with Crippen molar-refractivity contribution in [2.24, 2.45) is 0 Å². The molecule has 0 aliphatic heterocycles. The maximum absolute atomic E-state index is 12.8. The zero-order chi connectivity index (χ0) is 21.0. The first-order chi connectivity index (χ1) is 13.9. The van der Waals surface area contributed by atoms with Crippen molar-refractivity contribution in [2.75, 3.05) is 19.1 Å². The lowest BCUT2D eigenvalue weighted by atomic mass is 10.1. The number of anilines is 1. The summed E-state index contributed by atoms with van der Waals surface area (Å²) in [4.78, 5) is 25.8. The highest BCUT2D eigenvalue weighted by molar-refractivity contribution is 6.05. The fraction of sp³-hybridized carbons (Fsp3) is 0.261. The van der Waals surface area contributed by atoms with Gasteiger partial charge in [0.1, 0.15) is 0 Å². The first-order valence-electron chi connectivity index (χ1n) is 9.48. The SMILES string of the molecule is COC(=O)CCc1c(C)nn(-c2ccc(C(=O)N(C)c3ccccc3)cc2)c1C. The van der Waals surface area contributed by atoms with Gasteiger partial charge < -0.3 is 9.64 Å². The molecule has 0 aliphatic rings. The number of aryl methyl sites for hydroxylation is 1. The van der Waals surface area contributed by atoms with E-state index < -0.39 is 0 Å². The van der Waals surface area contributed by atoms with E-state index in [0.717, 1.165) is 28.3 Å². The van der Waals surface area contributed by atoms with Crippen LogP contribution in [0.3, 0.4) is 0 Å². The molecular formula is C23H25N3O3. The van der Waals surface area contributed by atoms with Crippen LogP contribution in [0.15, 0.2) is 54.6 Å². The number of hydrogen-bond acceptors (Lipinski definition) is 4. The van der Waals surface area contributed by atoms with Crippen LogP contribution in [0.5, 0.6) is 0 Å². The molecule has 0 fully saturated rings. The number of benzene rings is 2. The van der Waals surface area contributed by atoms with Crippen molar-refractivity contribution in [1.82, 2.24) is 9.78 Å². The third kappa shape index (κ3) is 4.37. The molecule has 0 N–H and O–H groups in total. The van der Waals surface area contributed by atoms with E-state index in [2.05, 4.69) is 5.10 Å². The zero-order valence-electron chi connectivity index (χ0n) is 17.2. The smallest absolute Gasteiger partial charge is 0.305 e. The highest BCUT2D eigenvalue weighted by atomic mass is 16.5. The Morgan fingerprint density at radius 2 is 1.69 bits per heavy atom. The lowest BCUT2D eigenvalue weighted by Gasteiger charge is -2.17. The van der Waals surface area contributed by atoms with E-state index >= 15 is 0 Å². The summed E-state index contributed by atoms with van der Waals surface area (Å²) in [7, 11) is 3.16. The molecule has 2 aromatic carbocycles. The van der Waals surface area contributed by atoms with Gasteiger partial charge in [0.25, 0.3) is 5.91 Å². The largest absolute Gasteiger partial charge is 0.469 e. The molecule has 3 aromatic rings. The molecule has 0 atom stereocenters. The highest BCUT2D eigenvalue weighted by Gasteiger charge is 2.16. The number of amides is 1. The van der Waals surface area contributed by atoms with Crippen LogP contribution in [-0.4, -0.2) is 35.8 Å². The van der Waals surface area contributed by atoms with Crippen molar-refractivity contribution < 1.29 is 14.3 Å². The molecule has 1 amide bonds. The number of hydrogen-bond donors (Lipinski definition) is 0. The molecule has 0 aliphatic carbocycles. The molecule has 1 aromatic heterocycles. The van der Waals surface area contributed by atoms with Crippen molar-refractivity contribution in [3.63, 3.8) is 0 Å². The number of carbonyl (C=O) groups excluding carboxylic acids is 2.